The quantitative estimate of drug-likeness (QED) is 0.873. The number of hydrogen-bond donors (Lipinski definition) is 1. The molecule has 0 saturated carbocycles. The fraction of sp³-hybridized carbons (Fsp3) is 0.200. The van der Waals surface area contributed by atoms with Crippen LogP contribution in [-0.4, -0.2) is 22.4 Å². The first kappa shape index (κ1) is 11.3. The number of aromatic nitrogens is 2. The third-order valence-electron chi connectivity index (χ3n) is 1.93. The van der Waals surface area contributed by atoms with Gasteiger partial charge in [0.25, 0.3) is 5.89 Å². The lowest BCUT2D eigenvalue weighted by molar-refractivity contribution is 0.174. The van der Waals surface area contributed by atoms with Crippen molar-refractivity contribution in [2.75, 3.05) is 7.11 Å². The Morgan fingerprint density at radius 2 is 2.31 bits per heavy atom. The van der Waals surface area contributed by atoms with E-state index in [9.17, 15) is 5.11 Å². The Balaban J connectivity index is 2.38. The molecule has 16 heavy (non-hydrogen) atoms. The normalized spacial score (nSPS) is 10.6. The molecule has 0 aliphatic heterocycles. The van der Waals surface area contributed by atoms with Crippen LogP contribution in [0.1, 0.15) is 5.82 Å². The second-order valence-corrected chi connectivity index (χ2v) is 4.36. The molecule has 84 valence electrons. The van der Waals surface area contributed by atoms with Crippen LogP contribution in [0, 0.1) is 3.57 Å². The number of benzene rings is 1. The Bertz CT molecular complexity index is 499. The topological polar surface area (TPSA) is 68.4 Å². The Labute approximate surface area is 106 Å². The maximum Gasteiger partial charge on any atom is 0.261 e. The molecule has 0 radical (unpaired) electrons. The van der Waals surface area contributed by atoms with Gasteiger partial charge in [0.05, 0.1) is 5.56 Å². The Kier molecular flexibility index (Phi) is 3.39. The van der Waals surface area contributed by atoms with Gasteiger partial charge in [-0.3, -0.25) is 0 Å². The molecule has 6 heteroatoms. The van der Waals surface area contributed by atoms with Crippen LogP contribution in [0.4, 0.5) is 0 Å². The van der Waals surface area contributed by atoms with Crippen LogP contribution in [-0.2, 0) is 11.3 Å². The highest BCUT2D eigenvalue weighted by Crippen LogP contribution is 2.29. The lowest BCUT2D eigenvalue weighted by Gasteiger charge is -1.99. The molecule has 0 unspecified atom stereocenters. The van der Waals surface area contributed by atoms with E-state index in [4.69, 9.17) is 9.26 Å². The van der Waals surface area contributed by atoms with E-state index >= 15 is 0 Å². The van der Waals surface area contributed by atoms with Gasteiger partial charge in [-0.25, -0.2) is 0 Å². The Morgan fingerprint density at radius 1 is 1.50 bits per heavy atom. The summed E-state index contributed by atoms with van der Waals surface area (Å²) in [6, 6.07) is 5.17. The fourth-order valence-corrected chi connectivity index (χ4v) is 1.72. The van der Waals surface area contributed by atoms with Gasteiger partial charge in [0.1, 0.15) is 12.4 Å². The lowest BCUT2D eigenvalue weighted by atomic mass is 10.2. The highest BCUT2D eigenvalue weighted by atomic mass is 127. The molecule has 1 aromatic carbocycles. The zero-order valence-electron chi connectivity index (χ0n) is 8.48. The first-order valence-corrected chi connectivity index (χ1v) is 5.59. The zero-order chi connectivity index (χ0) is 11.5. The number of methoxy groups -OCH3 is 1. The molecule has 0 spiro atoms. The molecule has 0 bridgehead atoms. The molecule has 1 aromatic heterocycles. The van der Waals surface area contributed by atoms with Gasteiger partial charge in [-0.1, -0.05) is 5.16 Å². The van der Waals surface area contributed by atoms with E-state index in [0.29, 0.717) is 17.3 Å². The first-order valence-electron chi connectivity index (χ1n) is 4.51. The second kappa shape index (κ2) is 4.79. The molecule has 0 aliphatic carbocycles. The van der Waals surface area contributed by atoms with Gasteiger partial charge < -0.3 is 14.4 Å². The third-order valence-corrected chi connectivity index (χ3v) is 2.60. The number of nitrogens with zero attached hydrogens (tertiary/aromatic N) is 2. The predicted octanol–water partition coefficient (Wildman–Crippen LogP) is 2.19. The third kappa shape index (κ3) is 2.33. The van der Waals surface area contributed by atoms with Crippen molar-refractivity contribution in [2.24, 2.45) is 0 Å². The van der Waals surface area contributed by atoms with Crippen LogP contribution in [0.2, 0.25) is 0 Å². The molecule has 2 aromatic rings. The summed E-state index contributed by atoms with van der Waals surface area (Å²) in [7, 11) is 1.55. The summed E-state index contributed by atoms with van der Waals surface area (Å²) < 4.78 is 10.9. The number of ether oxygens (including phenoxy) is 1. The fourth-order valence-electron chi connectivity index (χ4n) is 1.23. The molecule has 1 heterocycles. The number of hydrogen-bond acceptors (Lipinski definition) is 5. The van der Waals surface area contributed by atoms with Gasteiger partial charge in [0.15, 0.2) is 5.82 Å². The van der Waals surface area contributed by atoms with E-state index in [-0.39, 0.29) is 12.4 Å². The van der Waals surface area contributed by atoms with Gasteiger partial charge in [-0.15, -0.1) is 0 Å². The van der Waals surface area contributed by atoms with E-state index in [0.717, 1.165) is 3.57 Å². The largest absolute Gasteiger partial charge is 0.507 e. The average molecular weight is 332 g/mol. The van der Waals surface area contributed by atoms with E-state index in [2.05, 4.69) is 32.7 Å². The summed E-state index contributed by atoms with van der Waals surface area (Å²) in [5, 5.41) is 13.4. The Hall–Kier alpha value is -1.15. The number of rotatable bonds is 3. The van der Waals surface area contributed by atoms with Gasteiger partial charge in [0.2, 0.25) is 0 Å². The highest BCUT2D eigenvalue weighted by Gasteiger charge is 2.12. The minimum absolute atomic E-state index is 0.119. The van der Waals surface area contributed by atoms with Crippen LogP contribution < -0.4 is 0 Å². The Morgan fingerprint density at radius 3 is 3.06 bits per heavy atom. The van der Waals surface area contributed by atoms with Crippen molar-refractivity contribution in [3.05, 3.63) is 27.6 Å². The van der Waals surface area contributed by atoms with E-state index in [1.807, 2.05) is 0 Å². The van der Waals surface area contributed by atoms with Crippen molar-refractivity contribution in [1.29, 1.82) is 0 Å². The van der Waals surface area contributed by atoms with Crippen molar-refractivity contribution in [1.82, 2.24) is 10.1 Å². The van der Waals surface area contributed by atoms with Crippen molar-refractivity contribution < 1.29 is 14.4 Å². The minimum atomic E-state index is 0.119. The predicted molar refractivity (Wildman–Crippen MR) is 64.8 cm³/mol. The standard InChI is InChI=1S/C10H9IN2O3/c1-15-5-9-12-10(16-13-9)7-4-6(11)2-3-8(7)14/h2-4,14H,5H2,1H3. The van der Waals surface area contributed by atoms with Gasteiger partial charge >= 0.3 is 0 Å². The molecule has 0 aliphatic rings. The van der Waals surface area contributed by atoms with Crippen LogP contribution >= 0.6 is 22.6 Å². The highest BCUT2D eigenvalue weighted by molar-refractivity contribution is 14.1. The van der Waals surface area contributed by atoms with Gasteiger partial charge in [-0.2, -0.15) is 4.98 Å². The second-order valence-electron chi connectivity index (χ2n) is 3.11. The molecule has 0 atom stereocenters. The van der Waals surface area contributed by atoms with Crippen molar-refractivity contribution in [3.8, 4) is 17.2 Å². The summed E-state index contributed by atoms with van der Waals surface area (Å²) in [4.78, 5) is 4.11. The maximum atomic E-state index is 9.67. The minimum Gasteiger partial charge on any atom is -0.507 e. The smallest absolute Gasteiger partial charge is 0.261 e. The van der Waals surface area contributed by atoms with Gasteiger partial charge in [-0.05, 0) is 40.8 Å². The molecule has 5 nitrogen and oxygen atoms in total. The first-order chi connectivity index (χ1) is 7.70. The van der Waals surface area contributed by atoms with Crippen LogP contribution in [0.25, 0.3) is 11.5 Å². The number of aromatic hydroxyl groups is 1. The molecule has 0 amide bonds. The van der Waals surface area contributed by atoms with Crippen LogP contribution in [0.3, 0.4) is 0 Å². The molecular formula is C10H9IN2O3. The van der Waals surface area contributed by atoms with E-state index in [1.165, 1.54) is 0 Å². The van der Waals surface area contributed by atoms with Crippen LogP contribution in [0.15, 0.2) is 22.7 Å². The van der Waals surface area contributed by atoms with E-state index in [1.54, 1.807) is 25.3 Å². The molecule has 0 saturated heterocycles. The summed E-state index contributed by atoms with van der Waals surface area (Å²) in [5.74, 6) is 0.867. The molecule has 0 fully saturated rings. The summed E-state index contributed by atoms with van der Waals surface area (Å²) in [6.45, 7) is 0.286. The van der Waals surface area contributed by atoms with Gasteiger partial charge in [0, 0.05) is 10.7 Å². The van der Waals surface area contributed by atoms with Crippen molar-refractivity contribution in [2.45, 2.75) is 6.61 Å². The molecule has 2 rings (SSSR count). The average Bonchev–Trinajstić information content (AvgIpc) is 2.71. The maximum absolute atomic E-state index is 9.67. The van der Waals surface area contributed by atoms with Crippen molar-refractivity contribution >= 4 is 22.6 Å². The zero-order valence-corrected chi connectivity index (χ0v) is 10.6. The lowest BCUT2D eigenvalue weighted by Crippen LogP contribution is -1.89. The number of phenolic OH excluding ortho intramolecular Hbond substituents is 1. The molecular weight excluding hydrogens is 323 g/mol. The summed E-state index contributed by atoms with van der Waals surface area (Å²) in [6.07, 6.45) is 0. The molecule has 1 N–H and O–H groups in total. The van der Waals surface area contributed by atoms with Crippen molar-refractivity contribution in [3.63, 3.8) is 0 Å². The summed E-state index contributed by atoms with van der Waals surface area (Å²) in [5.41, 5.74) is 0.529. The van der Waals surface area contributed by atoms with E-state index < -0.39 is 0 Å². The summed E-state index contributed by atoms with van der Waals surface area (Å²) >= 11 is 2.15. The number of phenols is 1. The van der Waals surface area contributed by atoms with Crippen LogP contribution in [0.5, 0.6) is 5.75 Å². The monoisotopic (exact) mass is 332 g/mol. The SMILES string of the molecule is COCc1noc(-c2cc(I)ccc2O)n1. The number of halogens is 1.